The number of likely N-dealkylation sites (tertiary alicyclic amines) is 1. The van der Waals surface area contributed by atoms with Crippen molar-refractivity contribution in [3.63, 3.8) is 0 Å². The number of phenols is 2. The molecule has 1 spiro atoms. The van der Waals surface area contributed by atoms with Crippen LogP contribution in [0.5, 0.6) is 17.2 Å². The molecule has 0 aliphatic carbocycles. The minimum atomic E-state index is -1.32. The van der Waals surface area contributed by atoms with Crippen LogP contribution in [-0.4, -0.2) is 47.5 Å². The fourth-order valence-corrected chi connectivity index (χ4v) is 5.69. The van der Waals surface area contributed by atoms with Crippen molar-refractivity contribution in [1.29, 1.82) is 0 Å². The number of halogens is 1. The number of amides is 1. The SMILES string of the molecule is COc1ccccc1[C@H]1CN(C)C2(C(=O)Nc3ccc(Cl)cc32)[C@H]1C(=O)c1ccc(O)c(O)c1. The lowest BCUT2D eigenvalue weighted by Gasteiger charge is -2.35. The fraction of sp³-hybridized carbons (Fsp3) is 0.231. The van der Waals surface area contributed by atoms with Crippen molar-refractivity contribution in [2.45, 2.75) is 11.5 Å². The normalized spacial score (nSPS) is 23.7. The number of aromatic hydroxyl groups is 2. The van der Waals surface area contributed by atoms with E-state index < -0.39 is 23.1 Å². The molecule has 2 aliphatic heterocycles. The van der Waals surface area contributed by atoms with E-state index in [4.69, 9.17) is 16.3 Å². The number of fused-ring (bicyclic) bond motifs is 2. The third-order valence-electron chi connectivity index (χ3n) is 6.99. The van der Waals surface area contributed by atoms with Gasteiger partial charge < -0.3 is 20.3 Å². The Labute approximate surface area is 201 Å². The lowest BCUT2D eigenvalue weighted by atomic mass is 9.70. The van der Waals surface area contributed by atoms with Gasteiger partial charge in [-0.3, -0.25) is 14.5 Å². The van der Waals surface area contributed by atoms with Gasteiger partial charge in [0, 0.05) is 34.3 Å². The third kappa shape index (κ3) is 3.08. The summed E-state index contributed by atoms with van der Waals surface area (Å²) in [6.45, 7) is 0.403. The van der Waals surface area contributed by atoms with Crippen LogP contribution in [-0.2, 0) is 10.3 Å². The van der Waals surface area contributed by atoms with Crippen LogP contribution < -0.4 is 10.1 Å². The van der Waals surface area contributed by atoms with E-state index in [1.807, 2.05) is 36.2 Å². The number of carbonyl (C=O) groups is 2. The maximum Gasteiger partial charge on any atom is 0.250 e. The number of Topliss-reactive ketones (excluding diaryl/α,β-unsaturated/α-hetero) is 1. The smallest absolute Gasteiger partial charge is 0.250 e. The monoisotopic (exact) mass is 478 g/mol. The molecule has 2 aliphatic rings. The zero-order valence-electron chi connectivity index (χ0n) is 18.6. The first-order valence-corrected chi connectivity index (χ1v) is 11.2. The molecule has 0 bridgehead atoms. The molecule has 3 N–H and O–H groups in total. The van der Waals surface area contributed by atoms with E-state index >= 15 is 0 Å². The summed E-state index contributed by atoms with van der Waals surface area (Å²) in [6.07, 6.45) is 0. The van der Waals surface area contributed by atoms with Gasteiger partial charge in [-0.25, -0.2) is 0 Å². The number of hydrogen-bond acceptors (Lipinski definition) is 6. The van der Waals surface area contributed by atoms with Crippen molar-refractivity contribution in [2.24, 2.45) is 5.92 Å². The topological polar surface area (TPSA) is 99.1 Å². The fourth-order valence-electron chi connectivity index (χ4n) is 5.52. The van der Waals surface area contributed by atoms with Crippen LogP contribution in [0.2, 0.25) is 5.02 Å². The van der Waals surface area contributed by atoms with Gasteiger partial charge in [0.2, 0.25) is 5.91 Å². The van der Waals surface area contributed by atoms with E-state index in [0.717, 1.165) is 5.56 Å². The summed E-state index contributed by atoms with van der Waals surface area (Å²) in [6, 6.07) is 16.6. The van der Waals surface area contributed by atoms with Crippen LogP contribution in [0.25, 0.3) is 0 Å². The first-order valence-electron chi connectivity index (χ1n) is 10.8. The number of hydrogen-bond donors (Lipinski definition) is 3. The Bertz CT molecular complexity index is 1330. The number of ketones is 1. The van der Waals surface area contributed by atoms with E-state index in [1.165, 1.54) is 18.2 Å². The van der Waals surface area contributed by atoms with E-state index in [2.05, 4.69) is 5.32 Å². The third-order valence-corrected chi connectivity index (χ3v) is 7.23. The highest BCUT2D eigenvalue weighted by atomic mass is 35.5. The maximum atomic E-state index is 14.2. The molecule has 7 nitrogen and oxygen atoms in total. The minimum absolute atomic E-state index is 0.193. The zero-order chi connectivity index (χ0) is 24.2. The number of rotatable bonds is 4. The molecule has 174 valence electrons. The number of anilines is 1. The molecule has 5 rings (SSSR count). The lowest BCUT2D eigenvalue weighted by molar-refractivity contribution is -0.126. The van der Waals surface area contributed by atoms with Gasteiger partial charge in [-0.05, 0) is 55.1 Å². The number of benzene rings is 3. The Morgan fingerprint density at radius 3 is 2.62 bits per heavy atom. The first-order chi connectivity index (χ1) is 16.3. The van der Waals surface area contributed by atoms with Crippen molar-refractivity contribution in [1.82, 2.24) is 4.90 Å². The summed E-state index contributed by atoms with van der Waals surface area (Å²) in [5.74, 6) is -2.03. The molecule has 0 saturated carbocycles. The second kappa shape index (κ2) is 8.04. The van der Waals surface area contributed by atoms with Crippen molar-refractivity contribution in [2.75, 3.05) is 26.0 Å². The number of ether oxygens (including phenoxy) is 1. The van der Waals surface area contributed by atoms with Crippen molar-refractivity contribution in [3.8, 4) is 17.2 Å². The highest BCUT2D eigenvalue weighted by molar-refractivity contribution is 6.31. The number of nitrogens with one attached hydrogen (secondary N) is 1. The van der Waals surface area contributed by atoms with Crippen molar-refractivity contribution >= 4 is 29.0 Å². The number of phenolic OH excluding ortho intramolecular Hbond substituents is 2. The van der Waals surface area contributed by atoms with Gasteiger partial charge >= 0.3 is 0 Å². The molecule has 8 heteroatoms. The highest BCUT2D eigenvalue weighted by Gasteiger charge is 2.64. The van der Waals surface area contributed by atoms with Gasteiger partial charge in [0.1, 0.15) is 11.3 Å². The number of nitrogens with zero attached hydrogens (tertiary/aromatic N) is 1. The van der Waals surface area contributed by atoms with Gasteiger partial charge in [-0.15, -0.1) is 0 Å². The van der Waals surface area contributed by atoms with Gasteiger partial charge in [-0.1, -0.05) is 29.8 Å². The molecule has 2 heterocycles. The van der Waals surface area contributed by atoms with Crippen LogP contribution in [0.1, 0.15) is 27.4 Å². The molecule has 1 unspecified atom stereocenters. The Hall–Kier alpha value is -3.55. The van der Waals surface area contributed by atoms with Gasteiger partial charge in [0.15, 0.2) is 17.3 Å². The number of likely N-dealkylation sites (N-methyl/N-ethyl adjacent to an activating group) is 1. The summed E-state index contributed by atoms with van der Waals surface area (Å²) >= 11 is 6.34. The molecule has 3 atom stereocenters. The number of carbonyl (C=O) groups excluding carboxylic acids is 2. The van der Waals surface area contributed by atoms with Crippen molar-refractivity contribution in [3.05, 3.63) is 82.4 Å². The van der Waals surface area contributed by atoms with Crippen molar-refractivity contribution < 1.29 is 24.5 Å². The Kier molecular flexibility index (Phi) is 5.26. The Morgan fingerprint density at radius 2 is 1.88 bits per heavy atom. The largest absolute Gasteiger partial charge is 0.504 e. The Morgan fingerprint density at radius 1 is 1.12 bits per heavy atom. The minimum Gasteiger partial charge on any atom is -0.504 e. The van der Waals surface area contributed by atoms with Crippen LogP contribution >= 0.6 is 11.6 Å². The average Bonchev–Trinajstić information content (AvgIpc) is 3.29. The van der Waals surface area contributed by atoms with Gasteiger partial charge in [0.25, 0.3) is 0 Å². The molecular weight excluding hydrogens is 456 g/mol. The summed E-state index contributed by atoms with van der Waals surface area (Å²) in [5, 5.41) is 23.2. The highest BCUT2D eigenvalue weighted by Crippen LogP contribution is 2.57. The average molecular weight is 479 g/mol. The molecule has 3 aromatic rings. The summed E-state index contributed by atoms with van der Waals surface area (Å²) in [7, 11) is 3.39. The van der Waals surface area contributed by atoms with Gasteiger partial charge in [-0.2, -0.15) is 0 Å². The Balaban J connectivity index is 1.76. The predicted octanol–water partition coefficient (Wildman–Crippen LogP) is 4.14. The van der Waals surface area contributed by atoms with E-state index in [-0.39, 0.29) is 23.0 Å². The molecule has 1 saturated heterocycles. The summed E-state index contributed by atoms with van der Waals surface area (Å²) in [4.78, 5) is 29.8. The number of para-hydroxylation sites is 1. The second-order valence-corrected chi connectivity index (χ2v) is 9.12. The molecular formula is C26H23ClN2O5. The first kappa shape index (κ1) is 22.3. The lowest BCUT2D eigenvalue weighted by Crippen LogP contribution is -2.51. The molecule has 3 aromatic carbocycles. The maximum absolute atomic E-state index is 14.2. The van der Waals surface area contributed by atoms with E-state index in [1.54, 1.807) is 25.3 Å². The zero-order valence-corrected chi connectivity index (χ0v) is 19.3. The second-order valence-electron chi connectivity index (χ2n) is 8.68. The van der Waals surface area contributed by atoms with Crippen LogP contribution in [0.15, 0.2) is 60.7 Å². The summed E-state index contributed by atoms with van der Waals surface area (Å²) < 4.78 is 5.60. The predicted molar refractivity (Wildman–Crippen MR) is 128 cm³/mol. The van der Waals surface area contributed by atoms with E-state index in [9.17, 15) is 19.8 Å². The van der Waals surface area contributed by atoms with Crippen LogP contribution in [0, 0.1) is 5.92 Å². The van der Waals surface area contributed by atoms with Crippen LogP contribution in [0.4, 0.5) is 5.69 Å². The molecule has 1 fully saturated rings. The molecule has 1 amide bonds. The quantitative estimate of drug-likeness (QED) is 0.385. The summed E-state index contributed by atoms with van der Waals surface area (Å²) in [5.41, 5.74) is 0.909. The van der Waals surface area contributed by atoms with Crippen LogP contribution in [0.3, 0.4) is 0 Å². The van der Waals surface area contributed by atoms with Gasteiger partial charge in [0.05, 0.1) is 13.0 Å². The molecule has 0 radical (unpaired) electrons. The molecule has 34 heavy (non-hydrogen) atoms. The molecule has 0 aromatic heterocycles. The standard InChI is InChI=1S/C26H23ClN2O5/c1-29-13-17(16-5-3-4-6-22(16)34-2)23(24(32)14-7-10-20(30)21(31)11-14)26(29)18-12-15(27)8-9-19(18)28-25(26)33/h3-12,17,23,30-31H,13H2,1-2H3,(H,28,33)/t17-,23-,26?/m1/s1. The van der Waals surface area contributed by atoms with E-state index in [0.29, 0.717) is 28.6 Å². The number of methoxy groups -OCH3 is 1.